The van der Waals surface area contributed by atoms with E-state index in [2.05, 4.69) is 35.2 Å². The minimum atomic E-state index is 0.756. The van der Waals surface area contributed by atoms with Gasteiger partial charge in [-0.1, -0.05) is 24.6 Å². The number of thioether (sulfide) groups is 1. The molecule has 0 aliphatic heterocycles. The normalized spacial score (nSPS) is 16.1. The average molecular weight is 270 g/mol. The summed E-state index contributed by atoms with van der Waals surface area (Å²) in [6, 6.07) is 11.4. The average Bonchev–Trinajstić information content (AvgIpc) is 2.28. The summed E-state index contributed by atoms with van der Waals surface area (Å²) in [7, 11) is 0. The molecule has 0 N–H and O–H groups in total. The van der Waals surface area contributed by atoms with Gasteiger partial charge in [-0.3, -0.25) is 4.90 Å². The highest BCUT2D eigenvalue weighted by atomic mass is 35.5. The van der Waals surface area contributed by atoms with E-state index in [4.69, 9.17) is 11.6 Å². The summed E-state index contributed by atoms with van der Waals surface area (Å²) in [6.45, 7) is 2.21. The lowest BCUT2D eigenvalue weighted by atomic mass is 9.91. The number of halogens is 1. The fourth-order valence-corrected chi connectivity index (χ4v) is 3.26. The van der Waals surface area contributed by atoms with E-state index in [-0.39, 0.29) is 0 Å². The molecule has 0 heterocycles. The maximum Gasteiger partial charge on any atom is 0.0351 e. The molecule has 0 unspecified atom stereocenters. The Labute approximate surface area is 114 Å². The van der Waals surface area contributed by atoms with Crippen LogP contribution in [-0.2, 0) is 0 Å². The van der Waals surface area contributed by atoms with Crippen molar-refractivity contribution in [3.8, 4) is 0 Å². The predicted molar refractivity (Wildman–Crippen MR) is 77.1 cm³/mol. The molecule has 0 spiro atoms. The van der Waals surface area contributed by atoms with E-state index in [1.54, 1.807) is 0 Å². The third kappa shape index (κ3) is 4.20. The van der Waals surface area contributed by atoms with Crippen molar-refractivity contribution in [3.05, 3.63) is 30.3 Å². The van der Waals surface area contributed by atoms with Crippen LogP contribution in [0.3, 0.4) is 0 Å². The van der Waals surface area contributed by atoms with Crippen molar-refractivity contribution >= 4 is 23.4 Å². The van der Waals surface area contributed by atoms with Gasteiger partial charge in [0.25, 0.3) is 0 Å². The molecule has 0 bridgehead atoms. The van der Waals surface area contributed by atoms with Crippen molar-refractivity contribution in [2.24, 2.45) is 0 Å². The van der Waals surface area contributed by atoms with Crippen LogP contribution in [0.1, 0.15) is 19.3 Å². The van der Waals surface area contributed by atoms with E-state index >= 15 is 0 Å². The molecule has 1 aliphatic rings. The van der Waals surface area contributed by atoms with Gasteiger partial charge < -0.3 is 0 Å². The monoisotopic (exact) mass is 269 g/mol. The first-order valence-electron chi connectivity index (χ1n) is 6.38. The molecule has 0 atom stereocenters. The first kappa shape index (κ1) is 13.3. The minimum absolute atomic E-state index is 0.756. The van der Waals surface area contributed by atoms with Gasteiger partial charge in [0.15, 0.2) is 0 Å². The third-order valence-electron chi connectivity index (χ3n) is 3.35. The number of hydrogen-bond donors (Lipinski definition) is 0. The largest absolute Gasteiger partial charge is 0.298 e. The molecule has 0 radical (unpaired) electrons. The molecular weight excluding hydrogens is 250 g/mol. The van der Waals surface area contributed by atoms with Crippen molar-refractivity contribution < 1.29 is 0 Å². The van der Waals surface area contributed by atoms with E-state index in [0.29, 0.717) is 0 Å². The summed E-state index contributed by atoms with van der Waals surface area (Å²) in [5, 5.41) is 0. The lowest BCUT2D eigenvalue weighted by molar-refractivity contribution is 0.143. The summed E-state index contributed by atoms with van der Waals surface area (Å²) in [5.41, 5.74) is 0. The number of benzene rings is 1. The molecule has 1 aliphatic carbocycles. The molecule has 0 aromatic heterocycles. The second-order valence-corrected chi connectivity index (χ2v) is 6.02. The summed E-state index contributed by atoms with van der Waals surface area (Å²) >= 11 is 7.81. The Morgan fingerprint density at radius 2 is 1.94 bits per heavy atom. The van der Waals surface area contributed by atoms with Crippen LogP contribution >= 0.6 is 23.4 Å². The fraction of sp³-hybridized carbons (Fsp3) is 0.571. The Hall–Kier alpha value is -0.180. The van der Waals surface area contributed by atoms with Crippen molar-refractivity contribution in [2.45, 2.75) is 30.2 Å². The summed E-state index contributed by atoms with van der Waals surface area (Å²) in [4.78, 5) is 3.93. The van der Waals surface area contributed by atoms with Gasteiger partial charge in [-0.15, -0.1) is 23.4 Å². The molecule has 1 saturated carbocycles. The predicted octanol–water partition coefficient (Wildman–Crippen LogP) is 3.87. The van der Waals surface area contributed by atoms with Gasteiger partial charge in [-0.2, -0.15) is 0 Å². The molecule has 1 fully saturated rings. The van der Waals surface area contributed by atoms with Gasteiger partial charge >= 0.3 is 0 Å². The molecule has 1 aromatic rings. The topological polar surface area (TPSA) is 3.24 Å². The van der Waals surface area contributed by atoms with Gasteiger partial charge in [0.1, 0.15) is 0 Å². The molecule has 0 amide bonds. The molecule has 2 rings (SSSR count). The first-order chi connectivity index (χ1) is 8.40. The van der Waals surface area contributed by atoms with Gasteiger partial charge in [0, 0.05) is 35.7 Å². The van der Waals surface area contributed by atoms with E-state index in [1.165, 1.54) is 24.2 Å². The van der Waals surface area contributed by atoms with Crippen molar-refractivity contribution in [1.82, 2.24) is 4.90 Å². The van der Waals surface area contributed by atoms with Crippen LogP contribution in [0, 0.1) is 0 Å². The first-order valence-corrected chi connectivity index (χ1v) is 7.90. The highest BCUT2D eigenvalue weighted by Gasteiger charge is 2.23. The smallest absolute Gasteiger partial charge is 0.0351 e. The second-order valence-electron chi connectivity index (χ2n) is 4.47. The summed E-state index contributed by atoms with van der Waals surface area (Å²) < 4.78 is 0. The Balaban J connectivity index is 1.71. The van der Waals surface area contributed by atoms with E-state index in [1.807, 2.05) is 11.8 Å². The van der Waals surface area contributed by atoms with Crippen LogP contribution in [-0.4, -0.2) is 35.7 Å². The second kappa shape index (κ2) is 7.30. The minimum Gasteiger partial charge on any atom is -0.298 e. The summed E-state index contributed by atoms with van der Waals surface area (Å²) in [5.74, 6) is 1.92. The zero-order valence-corrected chi connectivity index (χ0v) is 11.7. The SMILES string of the molecule is ClCCN(CCSc1ccccc1)C1CCC1. The molecule has 1 nitrogen and oxygen atoms in total. The van der Waals surface area contributed by atoms with Crippen molar-refractivity contribution in [2.75, 3.05) is 24.7 Å². The van der Waals surface area contributed by atoms with Gasteiger partial charge in [-0.05, 0) is 25.0 Å². The van der Waals surface area contributed by atoms with Crippen LogP contribution in [0.5, 0.6) is 0 Å². The van der Waals surface area contributed by atoms with Crippen LogP contribution in [0.2, 0.25) is 0 Å². The molecule has 0 saturated heterocycles. The molecular formula is C14H20ClNS. The van der Waals surface area contributed by atoms with E-state index in [9.17, 15) is 0 Å². The number of hydrogen-bond acceptors (Lipinski definition) is 2. The van der Waals surface area contributed by atoms with E-state index in [0.717, 1.165) is 30.8 Å². The zero-order valence-electron chi connectivity index (χ0n) is 10.1. The number of rotatable bonds is 7. The molecule has 94 valence electrons. The van der Waals surface area contributed by atoms with Crippen LogP contribution in [0.25, 0.3) is 0 Å². The highest BCUT2D eigenvalue weighted by Crippen LogP contribution is 2.25. The molecule has 1 aromatic carbocycles. The van der Waals surface area contributed by atoms with Gasteiger partial charge in [0.05, 0.1) is 0 Å². The Morgan fingerprint density at radius 3 is 2.53 bits per heavy atom. The third-order valence-corrected chi connectivity index (χ3v) is 4.51. The van der Waals surface area contributed by atoms with E-state index < -0.39 is 0 Å². The van der Waals surface area contributed by atoms with Gasteiger partial charge in [-0.25, -0.2) is 0 Å². The lowest BCUT2D eigenvalue weighted by Crippen LogP contribution is -2.42. The van der Waals surface area contributed by atoms with Crippen molar-refractivity contribution in [3.63, 3.8) is 0 Å². The summed E-state index contributed by atoms with van der Waals surface area (Å²) in [6.07, 6.45) is 4.13. The van der Waals surface area contributed by atoms with Crippen LogP contribution in [0.4, 0.5) is 0 Å². The molecule has 17 heavy (non-hydrogen) atoms. The maximum absolute atomic E-state index is 5.87. The van der Waals surface area contributed by atoms with Gasteiger partial charge in [0.2, 0.25) is 0 Å². The van der Waals surface area contributed by atoms with Crippen LogP contribution in [0.15, 0.2) is 35.2 Å². The number of alkyl halides is 1. The Morgan fingerprint density at radius 1 is 1.18 bits per heavy atom. The Bertz CT molecular complexity index is 313. The maximum atomic E-state index is 5.87. The standard InChI is InChI=1S/C14H20ClNS/c15-9-10-16(13-5-4-6-13)11-12-17-14-7-2-1-3-8-14/h1-3,7-8,13H,4-6,9-12H2. The Kier molecular flexibility index (Phi) is 5.69. The quantitative estimate of drug-likeness (QED) is 0.546. The molecule has 3 heteroatoms. The van der Waals surface area contributed by atoms with Crippen molar-refractivity contribution in [1.29, 1.82) is 0 Å². The zero-order chi connectivity index (χ0) is 11.9. The van der Waals surface area contributed by atoms with Crippen LogP contribution < -0.4 is 0 Å². The highest BCUT2D eigenvalue weighted by molar-refractivity contribution is 7.99. The fourth-order valence-electron chi connectivity index (χ4n) is 2.13. The number of nitrogens with zero attached hydrogens (tertiary/aromatic N) is 1. The lowest BCUT2D eigenvalue weighted by Gasteiger charge is -2.37.